The minimum atomic E-state index is -3.87. The molecule has 0 spiro atoms. The van der Waals surface area contributed by atoms with Crippen molar-refractivity contribution in [2.45, 2.75) is 19.3 Å². The molecular weight excluding hydrogens is 266 g/mol. The van der Waals surface area contributed by atoms with E-state index in [0.717, 1.165) is 30.8 Å². The smallest absolute Gasteiger partial charge is 0.264 e. The molecule has 1 aromatic carbocycles. The van der Waals surface area contributed by atoms with Crippen molar-refractivity contribution in [1.82, 2.24) is 0 Å². The van der Waals surface area contributed by atoms with Crippen molar-refractivity contribution in [2.24, 2.45) is 0 Å². The summed E-state index contributed by atoms with van der Waals surface area (Å²) >= 11 is 0. The third-order valence-electron chi connectivity index (χ3n) is 3.34. The van der Waals surface area contributed by atoms with Crippen LogP contribution < -0.4 is 9.64 Å². The molecule has 1 heterocycles. The van der Waals surface area contributed by atoms with Crippen LogP contribution in [-0.4, -0.2) is 38.9 Å². The van der Waals surface area contributed by atoms with Crippen molar-refractivity contribution in [3.05, 3.63) is 23.8 Å². The Bertz CT molecular complexity index is 542. The molecule has 0 aliphatic carbocycles. The molecule has 1 aliphatic heterocycles. The highest BCUT2D eigenvalue weighted by Gasteiger charge is 2.17. The minimum absolute atomic E-state index is 0.192. The molecular formula is C13H19NO4S. The first-order valence-electron chi connectivity index (χ1n) is 6.36. The molecule has 0 saturated heterocycles. The van der Waals surface area contributed by atoms with Crippen LogP contribution in [-0.2, 0) is 16.5 Å². The van der Waals surface area contributed by atoms with Gasteiger partial charge in [0.25, 0.3) is 10.1 Å². The SMILES string of the molecule is COc1ccc2c(c1)N(CCCS(=O)(=O)O)CCC2. The van der Waals surface area contributed by atoms with E-state index in [1.165, 1.54) is 5.56 Å². The number of ether oxygens (including phenoxy) is 1. The van der Waals surface area contributed by atoms with Crippen molar-refractivity contribution < 1.29 is 17.7 Å². The second kappa shape index (κ2) is 5.79. The molecule has 1 aliphatic rings. The molecule has 6 heteroatoms. The van der Waals surface area contributed by atoms with Crippen LogP contribution in [0.25, 0.3) is 0 Å². The van der Waals surface area contributed by atoms with Gasteiger partial charge in [-0.2, -0.15) is 8.42 Å². The van der Waals surface area contributed by atoms with Gasteiger partial charge in [-0.15, -0.1) is 0 Å². The molecule has 0 amide bonds. The Morgan fingerprint density at radius 3 is 2.89 bits per heavy atom. The average Bonchev–Trinajstić information content (AvgIpc) is 2.37. The van der Waals surface area contributed by atoms with E-state index in [1.807, 2.05) is 12.1 Å². The molecule has 1 N–H and O–H groups in total. The lowest BCUT2D eigenvalue weighted by molar-refractivity contribution is 0.414. The van der Waals surface area contributed by atoms with Crippen LogP contribution in [0.15, 0.2) is 18.2 Å². The summed E-state index contributed by atoms with van der Waals surface area (Å²) in [5.41, 5.74) is 2.37. The van der Waals surface area contributed by atoms with Crippen LogP contribution in [0.5, 0.6) is 5.75 Å². The highest BCUT2D eigenvalue weighted by molar-refractivity contribution is 7.85. The van der Waals surface area contributed by atoms with Gasteiger partial charge in [0.1, 0.15) is 5.75 Å². The topological polar surface area (TPSA) is 66.8 Å². The van der Waals surface area contributed by atoms with Gasteiger partial charge in [0.2, 0.25) is 0 Å². The third kappa shape index (κ3) is 3.84. The number of aryl methyl sites for hydroxylation is 1. The van der Waals surface area contributed by atoms with Crippen molar-refractivity contribution in [3.63, 3.8) is 0 Å². The second-order valence-corrected chi connectivity index (χ2v) is 6.30. The maximum Gasteiger partial charge on any atom is 0.264 e. The summed E-state index contributed by atoms with van der Waals surface area (Å²) in [4.78, 5) is 2.16. The van der Waals surface area contributed by atoms with Crippen LogP contribution in [0.2, 0.25) is 0 Å². The van der Waals surface area contributed by atoms with Gasteiger partial charge in [0.05, 0.1) is 12.9 Å². The Balaban J connectivity index is 2.08. The molecule has 0 fully saturated rings. The fraction of sp³-hybridized carbons (Fsp3) is 0.538. The van der Waals surface area contributed by atoms with Gasteiger partial charge in [0, 0.05) is 24.8 Å². The van der Waals surface area contributed by atoms with Gasteiger partial charge in [-0.1, -0.05) is 6.07 Å². The summed E-state index contributed by atoms with van der Waals surface area (Å²) in [6, 6.07) is 5.99. The molecule has 106 valence electrons. The van der Waals surface area contributed by atoms with E-state index < -0.39 is 10.1 Å². The van der Waals surface area contributed by atoms with E-state index in [-0.39, 0.29) is 5.75 Å². The number of hydrogen-bond acceptors (Lipinski definition) is 4. The van der Waals surface area contributed by atoms with Gasteiger partial charge < -0.3 is 9.64 Å². The van der Waals surface area contributed by atoms with Crippen molar-refractivity contribution >= 4 is 15.8 Å². The molecule has 0 aromatic heterocycles. The fourth-order valence-electron chi connectivity index (χ4n) is 2.43. The molecule has 0 atom stereocenters. The highest BCUT2D eigenvalue weighted by atomic mass is 32.2. The van der Waals surface area contributed by atoms with Crippen molar-refractivity contribution in [3.8, 4) is 5.75 Å². The number of methoxy groups -OCH3 is 1. The van der Waals surface area contributed by atoms with Gasteiger partial charge in [0.15, 0.2) is 0 Å². The van der Waals surface area contributed by atoms with Gasteiger partial charge >= 0.3 is 0 Å². The van der Waals surface area contributed by atoms with Crippen molar-refractivity contribution in [1.29, 1.82) is 0 Å². The van der Waals surface area contributed by atoms with Crippen LogP contribution in [0.3, 0.4) is 0 Å². The molecule has 2 rings (SSSR count). The second-order valence-electron chi connectivity index (χ2n) is 4.72. The summed E-state index contributed by atoms with van der Waals surface area (Å²) in [6.07, 6.45) is 2.52. The summed E-state index contributed by atoms with van der Waals surface area (Å²) in [5.74, 6) is 0.614. The molecule has 0 bridgehead atoms. The molecule has 5 nitrogen and oxygen atoms in total. The lowest BCUT2D eigenvalue weighted by Crippen LogP contribution is -2.31. The molecule has 0 unspecified atom stereocenters. The van der Waals surface area contributed by atoms with Crippen LogP contribution in [0, 0.1) is 0 Å². The first-order valence-corrected chi connectivity index (χ1v) is 7.97. The number of rotatable bonds is 5. The standard InChI is InChI=1S/C13H19NO4S/c1-18-12-6-5-11-4-2-7-14(13(11)10-12)8-3-9-19(15,16)17/h5-6,10H,2-4,7-9H2,1H3,(H,15,16,17). The first kappa shape index (κ1) is 14.1. The van der Waals surface area contributed by atoms with Crippen molar-refractivity contribution in [2.75, 3.05) is 30.9 Å². The maximum absolute atomic E-state index is 10.7. The van der Waals surface area contributed by atoms with Crippen LogP contribution in [0.1, 0.15) is 18.4 Å². The zero-order valence-electron chi connectivity index (χ0n) is 11.0. The van der Waals surface area contributed by atoms with Gasteiger partial charge in [-0.05, 0) is 30.9 Å². The average molecular weight is 285 g/mol. The number of benzene rings is 1. The number of nitrogens with zero attached hydrogens (tertiary/aromatic N) is 1. The van der Waals surface area contributed by atoms with E-state index in [1.54, 1.807) is 7.11 Å². The Hall–Kier alpha value is -1.27. The van der Waals surface area contributed by atoms with Gasteiger partial charge in [-0.25, -0.2) is 0 Å². The number of fused-ring (bicyclic) bond motifs is 1. The quantitative estimate of drug-likeness (QED) is 0.834. The number of hydrogen-bond donors (Lipinski definition) is 1. The zero-order valence-corrected chi connectivity index (χ0v) is 11.8. The zero-order chi connectivity index (χ0) is 13.9. The summed E-state index contributed by atoms with van der Waals surface area (Å²) in [7, 11) is -2.23. The molecule has 0 radical (unpaired) electrons. The Kier molecular flexibility index (Phi) is 4.31. The van der Waals surface area contributed by atoms with E-state index in [0.29, 0.717) is 13.0 Å². The van der Waals surface area contributed by atoms with E-state index >= 15 is 0 Å². The predicted molar refractivity (Wildman–Crippen MR) is 74.6 cm³/mol. The van der Waals surface area contributed by atoms with Crippen LogP contribution >= 0.6 is 0 Å². The molecule has 0 saturated carbocycles. The predicted octanol–water partition coefficient (Wildman–Crippen LogP) is 1.73. The Morgan fingerprint density at radius 2 is 2.21 bits per heavy atom. The molecule has 1 aromatic rings. The lowest BCUT2D eigenvalue weighted by atomic mass is 10.0. The third-order valence-corrected chi connectivity index (χ3v) is 4.14. The maximum atomic E-state index is 10.7. The van der Waals surface area contributed by atoms with E-state index in [9.17, 15) is 8.42 Å². The lowest BCUT2D eigenvalue weighted by Gasteiger charge is -2.31. The summed E-state index contributed by atoms with van der Waals surface area (Å²) in [6.45, 7) is 1.53. The summed E-state index contributed by atoms with van der Waals surface area (Å²) in [5, 5.41) is 0. The first-order chi connectivity index (χ1) is 8.99. The fourth-order valence-corrected chi connectivity index (χ4v) is 2.92. The minimum Gasteiger partial charge on any atom is -0.497 e. The monoisotopic (exact) mass is 285 g/mol. The van der Waals surface area contributed by atoms with Gasteiger partial charge in [-0.3, -0.25) is 4.55 Å². The summed E-state index contributed by atoms with van der Waals surface area (Å²) < 4.78 is 35.5. The largest absolute Gasteiger partial charge is 0.497 e. The highest BCUT2D eigenvalue weighted by Crippen LogP contribution is 2.30. The number of anilines is 1. The normalized spacial score (nSPS) is 15.2. The van der Waals surface area contributed by atoms with E-state index in [2.05, 4.69) is 11.0 Å². The molecule has 19 heavy (non-hydrogen) atoms. The Morgan fingerprint density at radius 1 is 1.42 bits per heavy atom. The Labute approximate surface area is 113 Å². The van der Waals surface area contributed by atoms with Crippen LogP contribution in [0.4, 0.5) is 5.69 Å². The van der Waals surface area contributed by atoms with E-state index in [4.69, 9.17) is 9.29 Å².